The molecule has 14 heteroatoms. The minimum absolute atomic E-state index is 0.0221. The highest BCUT2D eigenvalue weighted by Crippen LogP contribution is 2.50. The molecule has 1 N–H and O–H groups in total. The molecule has 2 unspecified atom stereocenters. The number of rotatable bonds is 12. The van der Waals surface area contributed by atoms with Crippen molar-refractivity contribution in [1.82, 2.24) is 0 Å². The number of nitro benzene ring substituents is 1. The SMILES string of the molecule is CCC(Nc1cc(Oc2ccc(C(F)(F)F)cc2Cl)ccc1[N+](=O)[O-])P(C)(=O)OCC(=O)OCCC(C)(C)C. The molecule has 9 nitrogen and oxygen atoms in total. The summed E-state index contributed by atoms with van der Waals surface area (Å²) in [4.78, 5) is 23.0. The van der Waals surface area contributed by atoms with Crippen LogP contribution in [0.2, 0.25) is 5.02 Å². The number of hydrogen-bond donors (Lipinski definition) is 1. The smallest absolute Gasteiger partial charge is 0.416 e. The Balaban J connectivity index is 2.19. The van der Waals surface area contributed by atoms with E-state index in [1.807, 2.05) is 20.8 Å². The number of benzene rings is 2. The lowest BCUT2D eigenvalue weighted by Crippen LogP contribution is -2.23. The van der Waals surface area contributed by atoms with Crippen molar-refractivity contribution >= 4 is 36.3 Å². The first kappa shape index (κ1) is 32.4. The summed E-state index contributed by atoms with van der Waals surface area (Å²) in [6.07, 6.45) is -3.76. The van der Waals surface area contributed by atoms with Crippen molar-refractivity contribution < 1.29 is 41.5 Å². The molecule has 0 fully saturated rings. The molecule has 0 spiro atoms. The molecule has 2 aromatic carbocycles. The van der Waals surface area contributed by atoms with Gasteiger partial charge in [-0.05, 0) is 42.5 Å². The average Bonchev–Trinajstić information content (AvgIpc) is 2.81. The summed E-state index contributed by atoms with van der Waals surface area (Å²) in [6.45, 7) is 8.56. The van der Waals surface area contributed by atoms with E-state index >= 15 is 0 Å². The molecular weight excluding hydrogens is 564 g/mol. The molecule has 2 atom stereocenters. The van der Waals surface area contributed by atoms with E-state index < -0.39 is 42.4 Å². The van der Waals surface area contributed by atoms with Gasteiger partial charge in [-0.1, -0.05) is 39.3 Å². The zero-order chi connectivity index (χ0) is 29.6. The molecule has 0 aromatic heterocycles. The quantitative estimate of drug-likeness (QED) is 0.113. The number of nitrogens with one attached hydrogen (secondary N) is 1. The number of alkyl halides is 3. The lowest BCUT2D eigenvalue weighted by atomic mass is 9.93. The van der Waals surface area contributed by atoms with Crippen molar-refractivity contribution in [3.8, 4) is 11.5 Å². The number of nitro groups is 1. The summed E-state index contributed by atoms with van der Waals surface area (Å²) >= 11 is 5.95. The Morgan fingerprint density at radius 2 is 1.85 bits per heavy atom. The second-order valence-electron chi connectivity index (χ2n) is 9.96. The Morgan fingerprint density at radius 1 is 1.18 bits per heavy atom. The molecule has 39 heavy (non-hydrogen) atoms. The van der Waals surface area contributed by atoms with Gasteiger partial charge in [0.05, 0.1) is 22.1 Å². The Morgan fingerprint density at radius 3 is 2.38 bits per heavy atom. The topological polar surface area (TPSA) is 117 Å². The molecule has 2 aromatic rings. The molecule has 0 radical (unpaired) electrons. The van der Waals surface area contributed by atoms with Crippen LogP contribution in [0.3, 0.4) is 0 Å². The van der Waals surface area contributed by atoms with Crippen LogP contribution in [0.1, 0.15) is 46.1 Å². The lowest BCUT2D eigenvalue weighted by molar-refractivity contribution is -0.384. The molecular formula is C25H31ClF3N2O7P. The summed E-state index contributed by atoms with van der Waals surface area (Å²) in [5.74, 6) is -1.70. The van der Waals surface area contributed by atoms with E-state index in [9.17, 15) is 32.6 Å². The van der Waals surface area contributed by atoms with Crippen LogP contribution in [0, 0.1) is 15.5 Å². The maximum Gasteiger partial charge on any atom is 0.416 e. The van der Waals surface area contributed by atoms with Gasteiger partial charge in [-0.3, -0.25) is 14.7 Å². The highest BCUT2D eigenvalue weighted by Gasteiger charge is 2.32. The van der Waals surface area contributed by atoms with Gasteiger partial charge in [0.1, 0.15) is 23.0 Å². The third kappa shape index (κ3) is 10.0. The first-order chi connectivity index (χ1) is 17.9. The molecule has 0 heterocycles. The van der Waals surface area contributed by atoms with Gasteiger partial charge in [0, 0.05) is 18.8 Å². The van der Waals surface area contributed by atoms with Crippen molar-refractivity contribution in [3.05, 3.63) is 57.1 Å². The van der Waals surface area contributed by atoms with Gasteiger partial charge in [-0.15, -0.1) is 0 Å². The third-order valence-corrected chi connectivity index (χ3v) is 8.04. The van der Waals surface area contributed by atoms with Gasteiger partial charge in [-0.25, -0.2) is 4.79 Å². The maximum atomic E-state index is 13.3. The van der Waals surface area contributed by atoms with Crippen molar-refractivity contribution in [1.29, 1.82) is 0 Å². The van der Waals surface area contributed by atoms with Crippen LogP contribution in [-0.2, 0) is 24.8 Å². The fraction of sp³-hybridized carbons (Fsp3) is 0.480. The molecule has 216 valence electrons. The van der Waals surface area contributed by atoms with Crippen molar-refractivity contribution in [2.45, 2.75) is 52.5 Å². The van der Waals surface area contributed by atoms with E-state index in [-0.39, 0.29) is 46.3 Å². The summed E-state index contributed by atoms with van der Waals surface area (Å²) < 4.78 is 68.1. The predicted octanol–water partition coefficient (Wildman–Crippen LogP) is 8.11. The van der Waals surface area contributed by atoms with Crippen LogP contribution in [-0.4, -0.2) is 36.6 Å². The summed E-state index contributed by atoms with van der Waals surface area (Å²) in [5.41, 5.74) is -1.45. The van der Waals surface area contributed by atoms with Crippen molar-refractivity contribution in [2.24, 2.45) is 5.41 Å². The Kier molecular flexibility index (Phi) is 10.8. The highest BCUT2D eigenvalue weighted by molar-refractivity contribution is 7.59. The van der Waals surface area contributed by atoms with Gasteiger partial charge in [0.25, 0.3) is 5.69 Å². The largest absolute Gasteiger partial charge is 0.464 e. The maximum absolute atomic E-state index is 13.3. The number of hydrogen-bond acceptors (Lipinski definition) is 8. The molecule has 0 bridgehead atoms. The Bertz CT molecular complexity index is 1240. The Hall–Kier alpha value is -2.82. The van der Waals surface area contributed by atoms with E-state index in [1.165, 1.54) is 18.8 Å². The minimum atomic E-state index is -4.60. The zero-order valence-corrected chi connectivity index (χ0v) is 23.8. The third-order valence-electron chi connectivity index (χ3n) is 5.48. The van der Waals surface area contributed by atoms with Gasteiger partial charge in [0.15, 0.2) is 6.61 Å². The van der Waals surface area contributed by atoms with Crippen LogP contribution in [0.5, 0.6) is 11.5 Å². The molecule has 0 aliphatic heterocycles. The first-order valence-electron chi connectivity index (χ1n) is 11.9. The van der Waals surface area contributed by atoms with E-state index in [0.717, 1.165) is 18.2 Å². The fourth-order valence-electron chi connectivity index (χ4n) is 3.25. The number of ether oxygens (including phenoxy) is 2. The van der Waals surface area contributed by atoms with Gasteiger partial charge in [0.2, 0.25) is 7.37 Å². The number of nitrogens with zero attached hydrogens (tertiary/aromatic N) is 1. The molecule has 2 rings (SSSR count). The number of carbonyl (C=O) groups excluding carboxylic acids is 1. The van der Waals surface area contributed by atoms with Gasteiger partial charge < -0.3 is 19.3 Å². The van der Waals surface area contributed by atoms with Crippen molar-refractivity contribution in [3.63, 3.8) is 0 Å². The standard InChI is InChI=1S/C25H31ClF3N2O7P/c1-6-22(39(5,35)37-15-23(32)36-12-11-24(2,3)4)30-19-14-17(8-9-20(19)31(33)34)38-21-10-7-16(13-18(21)26)25(27,28)29/h7-10,13-14,22,30H,6,11-12,15H2,1-5H3. The van der Waals surface area contributed by atoms with Gasteiger partial charge in [-0.2, -0.15) is 13.2 Å². The second kappa shape index (κ2) is 13.0. The Labute approximate surface area is 229 Å². The molecule has 0 saturated heterocycles. The molecule has 0 saturated carbocycles. The first-order valence-corrected chi connectivity index (χ1v) is 14.4. The fourth-order valence-corrected chi connectivity index (χ4v) is 5.05. The second-order valence-corrected chi connectivity index (χ2v) is 13.1. The van der Waals surface area contributed by atoms with Crippen LogP contribution in [0.4, 0.5) is 24.5 Å². The summed E-state index contributed by atoms with van der Waals surface area (Å²) in [5, 5.41) is 14.1. The van der Waals surface area contributed by atoms with Crippen LogP contribution >= 0.6 is 19.0 Å². The zero-order valence-electron chi connectivity index (χ0n) is 22.1. The summed E-state index contributed by atoms with van der Waals surface area (Å²) in [6, 6.07) is 6.12. The normalized spacial score (nSPS) is 14.3. The van der Waals surface area contributed by atoms with Crippen LogP contribution in [0.25, 0.3) is 0 Å². The molecule has 0 aliphatic rings. The molecule has 0 aliphatic carbocycles. The monoisotopic (exact) mass is 594 g/mol. The number of carbonyl (C=O) groups is 1. The average molecular weight is 595 g/mol. The number of halogens is 4. The van der Waals surface area contributed by atoms with E-state index in [2.05, 4.69) is 5.32 Å². The highest BCUT2D eigenvalue weighted by atomic mass is 35.5. The van der Waals surface area contributed by atoms with E-state index in [1.54, 1.807) is 6.92 Å². The van der Waals surface area contributed by atoms with Crippen LogP contribution < -0.4 is 10.1 Å². The number of anilines is 1. The summed E-state index contributed by atoms with van der Waals surface area (Å²) in [7, 11) is -3.55. The van der Waals surface area contributed by atoms with Crippen LogP contribution in [0.15, 0.2) is 36.4 Å². The van der Waals surface area contributed by atoms with Crippen molar-refractivity contribution in [2.75, 3.05) is 25.2 Å². The van der Waals surface area contributed by atoms with Gasteiger partial charge >= 0.3 is 12.1 Å². The van der Waals surface area contributed by atoms with E-state index in [4.69, 9.17) is 25.6 Å². The number of esters is 1. The predicted molar refractivity (Wildman–Crippen MR) is 142 cm³/mol. The molecule has 0 amide bonds. The lowest BCUT2D eigenvalue weighted by Gasteiger charge is -2.25. The van der Waals surface area contributed by atoms with E-state index in [0.29, 0.717) is 12.5 Å². The minimum Gasteiger partial charge on any atom is -0.464 e.